The van der Waals surface area contributed by atoms with Gasteiger partial charge in [0.15, 0.2) is 0 Å². The fraction of sp³-hybridized carbons (Fsp3) is 0.583. The molecule has 3 nitrogen and oxygen atoms in total. The van der Waals surface area contributed by atoms with Crippen molar-refractivity contribution < 1.29 is 4.39 Å². The van der Waals surface area contributed by atoms with E-state index >= 15 is 0 Å². The molecule has 1 saturated carbocycles. The summed E-state index contributed by atoms with van der Waals surface area (Å²) in [5.41, 5.74) is 6.09. The first kappa shape index (κ1) is 11.3. The van der Waals surface area contributed by atoms with Crippen LogP contribution in [0.2, 0.25) is 0 Å². The molecule has 3 N–H and O–H groups in total. The molecule has 2 rings (SSSR count). The van der Waals surface area contributed by atoms with Gasteiger partial charge in [-0.2, -0.15) is 0 Å². The summed E-state index contributed by atoms with van der Waals surface area (Å²) in [5, 5.41) is 3.30. The van der Waals surface area contributed by atoms with Crippen LogP contribution in [0.3, 0.4) is 0 Å². The van der Waals surface area contributed by atoms with Crippen LogP contribution in [0.5, 0.6) is 0 Å². The molecule has 16 heavy (non-hydrogen) atoms. The summed E-state index contributed by atoms with van der Waals surface area (Å²) in [6, 6.07) is 3.51. The molecule has 88 valence electrons. The average Bonchev–Trinajstić information content (AvgIpc) is 2.48. The van der Waals surface area contributed by atoms with E-state index in [0.29, 0.717) is 5.82 Å². The van der Waals surface area contributed by atoms with Crippen LogP contribution in [0.4, 0.5) is 10.2 Å². The minimum absolute atomic E-state index is 0.175. The van der Waals surface area contributed by atoms with E-state index in [9.17, 15) is 4.39 Å². The molecule has 2 atom stereocenters. The molecule has 1 fully saturated rings. The van der Waals surface area contributed by atoms with Crippen LogP contribution < -0.4 is 11.1 Å². The molecule has 0 amide bonds. The molecule has 1 aliphatic carbocycles. The van der Waals surface area contributed by atoms with Crippen LogP contribution in [0.1, 0.15) is 32.1 Å². The van der Waals surface area contributed by atoms with Crippen LogP contribution >= 0.6 is 0 Å². The Morgan fingerprint density at radius 3 is 2.81 bits per heavy atom. The third-order valence-corrected chi connectivity index (χ3v) is 3.13. The zero-order valence-corrected chi connectivity index (χ0v) is 9.32. The van der Waals surface area contributed by atoms with E-state index < -0.39 is 0 Å². The summed E-state index contributed by atoms with van der Waals surface area (Å²) in [6.45, 7) is 0. The lowest BCUT2D eigenvalue weighted by molar-refractivity contribution is 0.526. The lowest BCUT2D eigenvalue weighted by Crippen LogP contribution is -2.39. The van der Waals surface area contributed by atoms with Crippen LogP contribution in [-0.4, -0.2) is 17.1 Å². The lowest BCUT2D eigenvalue weighted by atomic mass is 10.0. The van der Waals surface area contributed by atoms with Gasteiger partial charge in [0.1, 0.15) is 11.6 Å². The van der Waals surface area contributed by atoms with Gasteiger partial charge in [0.05, 0.1) is 6.20 Å². The summed E-state index contributed by atoms with van der Waals surface area (Å²) in [5.74, 6) is 0.402. The van der Waals surface area contributed by atoms with E-state index in [1.54, 1.807) is 6.07 Å². The molecule has 2 unspecified atom stereocenters. The van der Waals surface area contributed by atoms with E-state index in [1.807, 2.05) is 0 Å². The monoisotopic (exact) mass is 223 g/mol. The molecule has 0 aromatic carbocycles. The highest BCUT2D eigenvalue weighted by molar-refractivity contribution is 5.35. The maximum Gasteiger partial charge on any atom is 0.141 e. The number of anilines is 1. The molecule has 0 bridgehead atoms. The Balaban J connectivity index is 1.99. The van der Waals surface area contributed by atoms with Crippen molar-refractivity contribution in [3.05, 3.63) is 24.1 Å². The van der Waals surface area contributed by atoms with E-state index in [1.165, 1.54) is 31.5 Å². The topological polar surface area (TPSA) is 50.9 Å². The maximum absolute atomic E-state index is 12.7. The van der Waals surface area contributed by atoms with Gasteiger partial charge in [-0.05, 0) is 25.0 Å². The van der Waals surface area contributed by atoms with Crippen molar-refractivity contribution in [1.82, 2.24) is 4.98 Å². The Hall–Kier alpha value is -1.16. The molecule has 0 spiro atoms. The van der Waals surface area contributed by atoms with Crippen LogP contribution in [0.25, 0.3) is 0 Å². The molecule has 1 aromatic heterocycles. The van der Waals surface area contributed by atoms with Gasteiger partial charge in [-0.1, -0.05) is 19.3 Å². The van der Waals surface area contributed by atoms with Crippen LogP contribution in [0, 0.1) is 5.82 Å². The smallest absolute Gasteiger partial charge is 0.141 e. The second-order valence-corrected chi connectivity index (χ2v) is 4.41. The van der Waals surface area contributed by atoms with Crippen molar-refractivity contribution in [2.75, 3.05) is 5.32 Å². The summed E-state index contributed by atoms with van der Waals surface area (Å²) >= 11 is 0. The number of nitrogens with two attached hydrogens (primary N) is 1. The number of nitrogens with one attached hydrogen (secondary N) is 1. The lowest BCUT2D eigenvalue weighted by Gasteiger charge is -2.23. The van der Waals surface area contributed by atoms with E-state index in [4.69, 9.17) is 5.73 Å². The van der Waals surface area contributed by atoms with E-state index in [-0.39, 0.29) is 17.9 Å². The number of rotatable bonds is 2. The maximum atomic E-state index is 12.7. The van der Waals surface area contributed by atoms with Crippen LogP contribution in [0.15, 0.2) is 18.3 Å². The second-order valence-electron chi connectivity index (χ2n) is 4.41. The predicted octanol–water partition coefficient (Wildman–Crippen LogP) is 2.29. The van der Waals surface area contributed by atoms with Crippen molar-refractivity contribution in [3.63, 3.8) is 0 Å². The first-order valence-corrected chi connectivity index (χ1v) is 5.89. The molecule has 0 saturated heterocycles. The number of aromatic nitrogens is 1. The summed E-state index contributed by atoms with van der Waals surface area (Å²) in [7, 11) is 0. The van der Waals surface area contributed by atoms with Gasteiger partial charge in [-0.15, -0.1) is 0 Å². The molecular formula is C12H18FN3. The highest BCUT2D eigenvalue weighted by Crippen LogP contribution is 2.19. The molecule has 1 aromatic rings. The summed E-state index contributed by atoms with van der Waals surface area (Å²) < 4.78 is 12.7. The zero-order valence-electron chi connectivity index (χ0n) is 9.32. The minimum Gasteiger partial charge on any atom is -0.366 e. The van der Waals surface area contributed by atoms with E-state index in [0.717, 1.165) is 12.8 Å². The van der Waals surface area contributed by atoms with Crippen molar-refractivity contribution in [3.8, 4) is 0 Å². The predicted molar refractivity (Wildman–Crippen MR) is 62.7 cm³/mol. The standard InChI is InChI=1S/C12H18FN3/c13-9-6-7-12(15-8-9)16-11-5-3-1-2-4-10(11)14/h6-8,10-11H,1-5,14H2,(H,15,16). The third kappa shape index (κ3) is 2.92. The van der Waals surface area contributed by atoms with Gasteiger partial charge in [0, 0.05) is 12.1 Å². The van der Waals surface area contributed by atoms with E-state index in [2.05, 4.69) is 10.3 Å². The molecule has 0 aliphatic heterocycles. The van der Waals surface area contributed by atoms with Gasteiger partial charge in [-0.3, -0.25) is 0 Å². The van der Waals surface area contributed by atoms with Crippen molar-refractivity contribution in [2.45, 2.75) is 44.2 Å². The highest BCUT2D eigenvalue weighted by Gasteiger charge is 2.20. The fourth-order valence-corrected chi connectivity index (χ4v) is 2.17. The Bertz CT molecular complexity index is 326. The third-order valence-electron chi connectivity index (χ3n) is 3.13. The molecule has 1 aliphatic rings. The Morgan fingerprint density at radius 2 is 2.06 bits per heavy atom. The molecular weight excluding hydrogens is 205 g/mol. The second kappa shape index (κ2) is 5.25. The van der Waals surface area contributed by atoms with Gasteiger partial charge in [-0.25, -0.2) is 9.37 Å². The largest absolute Gasteiger partial charge is 0.366 e. The number of halogens is 1. The minimum atomic E-state index is -0.310. The number of hydrogen-bond acceptors (Lipinski definition) is 3. The van der Waals surface area contributed by atoms with Crippen molar-refractivity contribution in [2.24, 2.45) is 5.73 Å². The number of pyridine rings is 1. The first-order valence-electron chi connectivity index (χ1n) is 5.89. The van der Waals surface area contributed by atoms with Crippen LogP contribution in [-0.2, 0) is 0 Å². The molecule has 0 radical (unpaired) electrons. The fourth-order valence-electron chi connectivity index (χ4n) is 2.17. The Labute approximate surface area is 95.3 Å². The Kier molecular flexibility index (Phi) is 3.72. The highest BCUT2D eigenvalue weighted by atomic mass is 19.1. The van der Waals surface area contributed by atoms with Gasteiger partial charge >= 0.3 is 0 Å². The summed E-state index contributed by atoms with van der Waals surface area (Å²) in [4.78, 5) is 4.00. The number of nitrogens with zero attached hydrogens (tertiary/aromatic N) is 1. The normalized spacial score (nSPS) is 26.1. The zero-order chi connectivity index (χ0) is 11.4. The quantitative estimate of drug-likeness (QED) is 0.756. The SMILES string of the molecule is NC1CCCCCC1Nc1ccc(F)cn1. The van der Waals surface area contributed by atoms with Gasteiger partial charge in [0.25, 0.3) is 0 Å². The molecule has 4 heteroatoms. The first-order chi connectivity index (χ1) is 7.75. The summed E-state index contributed by atoms with van der Waals surface area (Å²) in [6.07, 6.45) is 7.01. The van der Waals surface area contributed by atoms with Crippen molar-refractivity contribution >= 4 is 5.82 Å². The van der Waals surface area contributed by atoms with Gasteiger partial charge < -0.3 is 11.1 Å². The molecule has 1 heterocycles. The van der Waals surface area contributed by atoms with Gasteiger partial charge in [0.2, 0.25) is 0 Å². The Morgan fingerprint density at radius 1 is 1.25 bits per heavy atom. The average molecular weight is 223 g/mol. The number of hydrogen-bond donors (Lipinski definition) is 2. The van der Waals surface area contributed by atoms with Crippen molar-refractivity contribution in [1.29, 1.82) is 0 Å².